The first kappa shape index (κ1) is 32.3. The second kappa shape index (κ2) is 14.7. The molecule has 7 nitrogen and oxygen atoms in total. The van der Waals surface area contributed by atoms with Gasteiger partial charge in [-0.3, -0.25) is 13.9 Å². The number of hydrogen-bond donors (Lipinski definition) is 1. The first-order chi connectivity index (χ1) is 20.0. The van der Waals surface area contributed by atoms with Crippen LogP contribution in [0, 0.1) is 0 Å². The number of anilines is 1. The number of amides is 2. The average molecular weight is 696 g/mol. The van der Waals surface area contributed by atoms with Crippen molar-refractivity contribution in [3.05, 3.63) is 98.4 Å². The fourth-order valence-corrected chi connectivity index (χ4v) is 6.87. The van der Waals surface area contributed by atoms with Crippen molar-refractivity contribution in [2.24, 2.45) is 0 Å². The molecule has 1 aliphatic rings. The van der Waals surface area contributed by atoms with Gasteiger partial charge in [-0.25, -0.2) is 8.42 Å². The molecule has 1 N–H and O–H groups in total. The quantitative estimate of drug-likeness (QED) is 0.245. The Hall–Kier alpha value is -2.59. The van der Waals surface area contributed by atoms with Gasteiger partial charge in [-0.1, -0.05) is 101 Å². The van der Waals surface area contributed by atoms with Gasteiger partial charge in [0.05, 0.1) is 11.9 Å². The number of hydrogen-bond acceptors (Lipinski definition) is 4. The molecule has 0 aromatic heterocycles. The molecule has 0 saturated heterocycles. The van der Waals surface area contributed by atoms with E-state index in [0.29, 0.717) is 25.8 Å². The predicted octanol–water partition coefficient (Wildman–Crippen LogP) is 6.61. The molecule has 224 valence electrons. The van der Waals surface area contributed by atoms with Crippen molar-refractivity contribution in [1.29, 1.82) is 0 Å². The van der Waals surface area contributed by atoms with Crippen LogP contribution in [0.4, 0.5) is 5.69 Å². The molecule has 1 fully saturated rings. The van der Waals surface area contributed by atoms with Crippen LogP contribution in [-0.4, -0.2) is 50.0 Å². The van der Waals surface area contributed by atoms with Crippen LogP contribution < -0.4 is 9.62 Å². The van der Waals surface area contributed by atoms with Crippen LogP contribution in [-0.2, 0) is 32.6 Å². The van der Waals surface area contributed by atoms with E-state index in [9.17, 15) is 18.0 Å². The van der Waals surface area contributed by atoms with Crippen LogP contribution in [0.5, 0.6) is 0 Å². The topological polar surface area (TPSA) is 86.8 Å². The van der Waals surface area contributed by atoms with E-state index >= 15 is 0 Å². The summed E-state index contributed by atoms with van der Waals surface area (Å²) in [5.41, 5.74) is 1.79. The van der Waals surface area contributed by atoms with Gasteiger partial charge < -0.3 is 10.2 Å². The maximum Gasteiger partial charge on any atom is 0.244 e. The van der Waals surface area contributed by atoms with Crippen LogP contribution >= 0.6 is 39.1 Å². The Bertz CT molecular complexity index is 1500. The van der Waals surface area contributed by atoms with Crippen molar-refractivity contribution in [3.8, 4) is 0 Å². The third kappa shape index (κ3) is 8.96. The smallest absolute Gasteiger partial charge is 0.244 e. The molecule has 42 heavy (non-hydrogen) atoms. The van der Waals surface area contributed by atoms with Crippen molar-refractivity contribution in [1.82, 2.24) is 10.2 Å². The number of benzene rings is 3. The fourth-order valence-electron chi connectivity index (χ4n) is 5.18. The highest BCUT2D eigenvalue weighted by molar-refractivity contribution is 9.10. The minimum Gasteiger partial charge on any atom is -0.352 e. The van der Waals surface area contributed by atoms with Gasteiger partial charge in [-0.2, -0.15) is 0 Å². The van der Waals surface area contributed by atoms with E-state index in [4.69, 9.17) is 23.2 Å². The molecule has 1 unspecified atom stereocenters. The lowest BCUT2D eigenvalue weighted by Gasteiger charge is -2.35. The highest BCUT2D eigenvalue weighted by atomic mass is 79.9. The summed E-state index contributed by atoms with van der Waals surface area (Å²) in [5.74, 6) is -0.816. The fraction of sp³-hybridized carbons (Fsp3) is 0.355. The van der Waals surface area contributed by atoms with E-state index in [1.807, 2.05) is 30.3 Å². The largest absolute Gasteiger partial charge is 0.352 e. The maximum atomic E-state index is 14.2. The maximum absolute atomic E-state index is 14.2. The van der Waals surface area contributed by atoms with Gasteiger partial charge >= 0.3 is 0 Å². The Morgan fingerprint density at radius 1 is 0.976 bits per heavy atom. The molecule has 1 atom stereocenters. The number of rotatable bonds is 11. The molecule has 0 radical (unpaired) electrons. The standard InChI is InChI=1S/C31H34BrCl2N3O4S/c1-42(40,41)37(27-14-8-11-24(32)18-27)21-30(38)36(20-23-15-16-25(33)19-28(23)34)29(17-22-9-4-2-5-10-22)31(39)35-26-12-6-3-7-13-26/h2,4-5,8-11,14-16,18-19,26,29H,3,6-7,12-13,17,20-21H2,1H3,(H,35,39). The van der Waals surface area contributed by atoms with Crippen LogP contribution in [0.15, 0.2) is 77.3 Å². The molecule has 3 aromatic rings. The van der Waals surface area contributed by atoms with Gasteiger partial charge in [0.2, 0.25) is 21.8 Å². The van der Waals surface area contributed by atoms with E-state index in [-0.39, 0.29) is 24.9 Å². The third-order valence-electron chi connectivity index (χ3n) is 7.35. The summed E-state index contributed by atoms with van der Waals surface area (Å²) in [7, 11) is -3.86. The SMILES string of the molecule is CS(=O)(=O)N(CC(=O)N(Cc1ccc(Cl)cc1Cl)C(Cc1ccccc1)C(=O)NC1CCCCC1)c1cccc(Br)c1. The van der Waals surface area contributed by atoms with E-state index in [2.05, 4.69) is 21.2 Å². The van der Waals surface area contributed by atoms with Crippen LogP contribution in [0.25, 0.3) is 0 Å². The van der Waals surface area contributed by atoms with Crippen molar-refractivity contribution in [3.63, 3.8) is 0 Å². The molecular formula is C31H34BrCl2N3O4S. The van der Waals surface area contributed by atoms with Gasteiger partial charge in [0.25, 0.3) is 0 Å². The molecule has 0 spiro atoms. The average Bonchev–Trinajstić information content (AvgIpc) is 2.95. The first-order valence-electron chi connectivity index (χ1n) is 13.8. The molecule has 0 heterocycles. The number of nitrogens with one attached hydrogen (secondary N) is 1. The Morgan fingerprint density at radius 3 is 2.33 bits per heavy atom. The van der Waals surface area contributed by atoms with Crippen LogP contribution in [0.1, 0.15) is 43.2 Å². The highest BCUT2D eigenvalue weighted by Gasteiger charge is 2.34. The summed E-state index contributed by atoms with van der Waals surface area (Å²) in [4.78, 5) is 29.7. The molecule has 1 aliphatic carbocycles. The summed E-state index contributed by atoms with van der Waals surface area (Å²) < 4.78 is 27.6. The van der Waals surface area contributed by atoms with E-state index < -0.39 is 28.5 Å². The summed E-state index contributed by atoms with van der Waals surface area (Å²) in [6.45, 7) is -0.511. The molecule has 1 saturated carbocycles. The number of carbonyl (C=O) groups excluding carboxylic acids is 2. The van der Waals surface area contributed by atoms with Gasteiger partial charge in [0.15, 0.2) is 0 Å². The van der Waals surface area contributed by atoms with Crippen LogP contribution in [0.3, 0.4) is 0 Å². The summed E-state index contributed by atoms with van der Waals surface area (Å²) >= 11 is 16.1. The monoisotopic (exact) mass is 693 g/mol. The Morgan fingerprint density at radius 2 is 1.69 bits per heavy atom. The molecule has 4 rings (SSSR count). The summed E-state index contributed by atoms with van der Waals surface area (Å²) in [5, 5.41) is 3.97. The number of nitrogens with zero attached hydrogens (tertiary/aromatic N) is 2. The molecule has 0 bridgehead atoms. The van der Waals surface area contributed by atoms with E-state index in [1.54, 1.807) is 42.5 Å². The Balaban J connectivity index is 1.74. The van der Waals surface area contributed by atoms with Crippen molar-refractivity contribution in [2.75, 3.05) is 17.1 Å². The number of sulfonamides is 1. The zero-order valence-corrected chi connectivity index (χ0v) is 27.2. The van der Waals surface area contributed by atoms with E-state index in [1.165, 1.54) is 4.90 Å². The summed E-state index contributed by atoms with van der Waals surface area (Å²) in [6, 6.07) is 20.3. The minimum atomic E-state index is -3.86. The minimum absolute atomic E-state index is 0.0134. The van der Waals surface area contributed by atoms with Crippen molar-refractivity contribution >= 4 is 66.7 Å². The highest BCUT2D eigenvalue weighted by Crippen LogP contribution is 2.27. The molecule has 11 heteroatoms. The number of carbonyl (C=O) groups is 2. The zero-order chi connectivity index (χ0) is 30.3. The van der Waals surface area contributed by atoms with Gasteiger partial charge in [0.1, 0.15) is 12.6 Å². The van der Waals surface area contributed by atoms with Gasteiger partial charge in [-0.15, -0.1) is 0 Å². The lowest BCUT2D eigenvalue weighted by atomic mass is 9.94. The predicted molar refractivity (Wildman–Crippen MR) is 172 cm³/mol. The molecule has 0 aliphatic heterocycles. The molecular weight excluding hydrogens is 661 g/mol. The molecule has 3 aromatic carbocycles. The Kier molecular flexibility index (Phi) is 11.3. The van der Waals surface area contributed by atoms with Crippen LogP contribution in [0.2, 0.25) is 10.0 Å². The summed E-state index contributed by atoms with van der Waals surface area (Å²) in [6.07, 6.45) is 6.26. The normalized spacial score (nSPS) is 14.7. The Labute approximate surface area is 266 Å². The van der Waals surface area contributed by atoms with E-state index in [0.717, 1.165) is 48.2 Å². The molecule has 2 amide bonds. The lowest BCUT2D eigenvalue weighted by molar-refractivity contribution is -0.140. The first-order valence-corrected chi connectivity index (χ1v) is 17.2. The zero-order valence-electron chi connectivity index (χ0n) is 23.3. The van der Waals surface area contributed by atoms with Gasteiger partial charge in [-0.05, 0) is 54.3 Å². The number of halogens is 3. The second-order valence-corrected chi connectivity index (χ2v) is 14.2. The van der Waals surface area contributed by atoms with Crippen molar-refractivity contribution in [2.45, 2.75) is 57.2 Å². The third-order valence-corrected chi connectivity index (χ3v) is 9.57. The van der Waals surface area contributed by atoms with Crippen molar-refractivity contribution < 1.29 is 18.0 Å². The second-order valence-electron chi connectivity index (χ2n) is 10.6. The van der Waals surface area contributed by atoms with Gasteiger partial charge in [0, 0.05) is 33.5 Å². The lowest BCUT2D eigenvalue weighted by Crippen LogP contribution is -2.55.